The Labute approximate surface area is 148 Å². The van der Waals surface area contributed by atoms with Crippen molar-refractivity contribution < 1.29 is 0 Å². The fourth-order valence-corrected chi connectivity index (χ4v) is 3.25. The van der Waals surface area contributed by atoms with Crippen molar-refractivity contribution in [2.24, 2.45) is 0 Å². The monoisotopic (exact) mass is 364 g/mol. The molecule has 0 unspecified atom stereocenters. The summed E-state index contributed by atoms with van der Waals surface area (Å²) in [6.07, 6.45) is 0. The van der Waals surface area contributed by atoms with Crippen LogP contribution < -0.4 is 5.84 Å². The first-order valence-electron chi connectivity index (χ1n) is 6.89. The number of nitrogens with zero attached hydrogens (tertiary/aromatic N) is 3. The Kier molecular flexibility index (Phi) is 4.80. The third kappa shape index (κ3) is 3.63. The van der Waals surface area contributed by atoms with Crippen LogP contribution in [0.3, 0.4) is 0 Å². The van der Waals surface area contributed by atoms with E-state index in [0.29, 0.717) is 26.6 Å². The maximum Gasteiger partial charge on any atom is 0.210 e. The summed E-state index contributed by atoms with van der Waals surface area (Å²) < 4.78 is 1.44. The minimum Gasteiger partial charge on any atom is -0.335 e. The smallest absolute Gasteiger partial charge is 0.210 e. The minimum absolute atomic E-state index is 0.490. The molecule has 23 heavy (non-hydrogen) atoms. The summed E-state index contributed by atoms with van der Waals surface area (Å²) in [5.41, 5.74) is 3.10. The maximum atomic E-state index is 6.20. The molecule has 0 saturated carbocycles. The molecule has 0 radical (unpaired) electrons. The molecule has 0 bridgehead atoms. The van der Waals surface area contributed by atoms with E-state index < -0.39 is 0 Å². The Balaban J connectivity index is 1.82. The van der Waals surface area contributed by atoms with E-state index in [1.807, 2.05) is 0 Å². The van der Waals surface area contributed by atoms with E-state index in [9.17, 15) is 0 Å². The largest absolute Gasteiger partial charge is 0.335 e. The molecular formula is C16H14Cl2N4S. The molecule has 0 atom stereocenters. The third-order valence-electron chi connectivity index (χ3n) is 3.32. The van der Waals surface area contributed by atoms with Gasteiger partial charge in [0, 0.05) is 16.3 Å². The molecule has 3 aromatic rings. The van der Waals surface area contributed by atoms with Gasteiger partial charge < -0.3 is 5.84 Å². The number of nitrogens with two attached hydrogens (primary N) is 1. The predicted octanol–water partition coefficient (Wildman–Crippen LogP) is 4.57. The molecule has 0 fully saturated rings. The lowest BCUT2D eigenvalue weighted by Crippen LogP contribution is -2.11. The van der Waals surface area contributed by atoms with Crippen LogP contribution in [0.1, 0.15) is 11.1 Å². The molecule has 0 amide bonds. The molecule has 0 spiro atoms. The number of benzene rings is 2. The van der Waals surface area contributed by atoms with Crippen molar-refractivity contribution >= 4 is 35.0 Å². The highest BCUT2D eigenvalue weighted by molar-refractivity contribution is 7.98. The van der Waals surface area contributed by atoms with Gasteiger partial charge >= 0.3 is 0 Å². The van der Waals surface area contributed by atoms with E-state index in [1.54, 1.807) is 18.2 Å². The van der Waals surface area contributed by atoms with Crippen molar-refractivity contribution in [3.63, 3.8) is 0 Å². The molecule has 1 heterocycles. The zero-order valence-electron chi connectivity index (χ0n) is 12.3. The van der Waals surface area contributed by atoms with Crippen LogP contribution >= 0.6 is 35.0 Å². The van der Waals surface area contributed by atoms with E-state index in [0.717, 1.165) is 5.75 Å². The van der Waals surface area contributed by atoms with Crippen LogP contribution in [0.2, 0.25) is 10.0 Å². The Morgan fingerprint density at radius 3 is 2.57 bits per heavy atom. The lowest BCUT2D eigenvalue weighted by Gasteiger charge is -2.06. The summed E-state index contributed by atoms with van der Waals surface area (Å²) in [7, 11) is 0. The quantitative estimate of drug-likeness (QED) is 0.544. The van der Waals surface area contributed by atoms with Crippen molar-refractivity contribution in [3.05, 3.63) is 63.6 Å². The topological polar surface area (TPSA) is 56.7 Å². The van der Waals surface area contributed by atoms with Gasteiger partial charge in [0.2, 0.25) is 5.16 Å². The Bertz CT molecular complexity index is 831. The average molecular weight is 365 g/mol. The molecule has 0 aliphatic carbocycles. The number of rotatable bonds is 4. The maximum absolute atomic E-state index is 6.20. The molecule has 0 aliphatic heterocycles. The van der Waals surface area contributed by atoms with Crippen molar-refractivity contribution in [3.8, 4) is 11.4 Å². The number of thioether (sulfide) groups is 1. The standard InChI is InChI=1S/C16H14Cl2N4S/c1-10-2-4-11(5-3-10)9-23-16-21-20-15(22(16)19)13-8-12(17)6-7-14(13)18/h2-8H,9,19H2,1H3. The Morgan fingerprint density at radius 2 is 1.83 bits per heavy atom. The zero-order valence-corrected chi connectivity index (χ0v) is 14.7. The summed E-state index contributed by atoms with van der Waals surface area (Å²) in [6, 6.07) is 13.5. The number of hydrogen-bond donors (Lipinski definition) is 1. The number of aryl methyl sites for hydroxylation is 1. The highest BCUT2D eigenvalue weighted by Crippen LogP contribution is 2.31. The van der Waals surface area contributed by atoms with Gasteiger partial charge in [-0.25, -0.2) is 4.68 Å². The third-order valence-corrected chi connectivity index (χ3v) is 4.90. The summed E-state index contributed by atoms with van der Waals surface area (Å²) in [5.74, 6) is 7.36. The first-order chi connectivity index (χ1) is 11.0. The van der Waals surface area contributed by atoms with Crippen LogP contribution in [0, 0.1) is 6.92 Å². The molecule has 2 aromatic carbocycles. The molecular weight excluding hydrogens is 351 g/mol. The average Bonchev–Trinajstić information content (AvgIpc) is 2.90. The first-order valence-corrected chi connectivity index (χ1v) is 8.63. The lowest BCUT2D eigenvalue weighted by atomic mass is 10.2. The van der Waals surface area contributed by atoms with Gasteiger partial charge in [-0.2, -0.15) is 0 Å². The van der Waals surface area contributed by atoms with Crippen LogP contribution in [0.4, 0.5) is 0 Å². The van der Waals surface area contributed by atoms with Crippen LogP contribution in [0.5, 0.6) is 0 Å². The summed E-state index contributed by atoms with van der Waals surface area (Å²) >= 11 is 13.7. The van der Waals surface area contributed by atoms with Gasteiger partial charge in [0.05, 0.1) is 5.02 Å². The second-order valence-corrected chi connectivity index (χ2v) is 6.86. The second kappa shape index (κ2) is 6.83. The molecule has 3 rings (SSSR count). The van der Waals surface area contributed by atoms with Gasteiger partial charge in [-0.15, -0.1) is 10.2 Å². The molecule has 118 valence electrons. The SMILES string of the molecule is Cc1ccc(CSc2nnc(-c3cc(Cl)ccc3Cl)n2N)cc1. The minimum atomic E-state index is 0.490. The predicted molar refractivity (Wildman–Crippen MR) is 96.4 cm³/mol. The molecule has 1 aromatic heterocycles. The van der Waals surface area contributed by atoms with Gasteiger partial charge in [0.1, 0.15) is 0 Å². The zero-order chi connectivity index (χ0) is 16.4. The van der Waals surface area contributed by atoms with E-state index in [4.69, 9.17) is 29.0 Å². The number of hydrogen-bond acceptors (Lipinski definition) is 4. The Morgan fingerprint density at radius 1 is 1.09 bits per heavy atom. The fraction of sp³-hybridized carbons (Fsp3) is 0.125. The Hall–Kier alpha value is -1.69. The molecule has 7 heteroatoms. The lowest BCUT2D eigenvalue weighted by molar-refractivity contribution is 0.849. The van der Waals surface area contributed by atoms with Crippen molar-refractivity contribution in [1.82, 2.24) is 14.9 Å². The van der Waals surface area contributed by atoms with Crippen LogP contribution in [0.15, 0.2) is 47.6 Å². The summed E-state index contributed by atoms with van der Waals surface area (Å²) in [6.45, 7) is 2.06. The van der Waals surface area contributed by atoms with Gasteiger partial charge in [-0.1, -0.05) is 64.8 Å². The number of nitrogen functional groups attached to an aromatic ring is 1. The van der Waals surface area contributed by atoms with Gasteiger partial charge in [-0.3, -0.25) is 0 Å². The van der Waals surface area contributed by atoms with Crippen LogP contribution in [-0.4, -0.2) is 14.9 Å². The first kappa shape index (κ1) is 16.2. The van der Waals surface area contributed by atoms with Crippen LogP contribution in [0.25, 0.3) is 11.4 Å². The van der Waals surface area contributed by atoms with Crippen LogP contribution in [-0.2, 0) is 5.75 Å². The van der Waals surface area contributed by atoms with E-state index in [2.05, 4.69) is 41.4 Å². The highest BCUT2D eigenvalue weighted by atomic mass is 35.5. The van der Waals surface area contributed by atoms with E-state index >= 15 is 0 Å². The van der Waals surface area contributed by atoms with Gasteiger partial charge in [-0.05, 0) is 30.7 Å². The van der Waals surface area contributed by atoms with Crippen molar-refractivity contribution in [2.75, 3.05) is 5.84 Å². The molecule has 4 nitrogen and oxygen atoms in total. The highest BCUT2D eigenvalue weighted by Gasteiger charge is 2.15. The summed E-state index contributed by atoms with van der Waals surface area (Å²) in [5, 5.41) is 10.0. The second-order valence-electron chi connectivity index (χ2n) is 5.07. The van der Waals surface area contributed by atoms with Crippen molar-refractivity contribution in [1.29, 1.82) is 0 Å². The molecule has 0 saturated heterocycles. The molecule has 0 aliphatic rings. The normalized spacial score (nSPS) is 10.9. The van der Waals surface area contributed by atoms with E-state index in [-0.39, 0.29) is 0 Å². The van der Waals surface area contributed by atoms with E-state index in [1.165, 1.54) is 27.6 Å². The summed E-state index contributed by atoms with van der Waals surface area (Å²) in [4.78, 5) is 0. The van der Waals surface area contributed by atoms with Gasteiger partial charge in [0.15, 0.2) is 5.82 Å². The van der Waals surface area contributed by atoms with Crippen molar-refractivity contribution in [2.45, 2.75) is 17.8 Å². The number of aromatic nitrogens is 3. The van der Waals surface area contributed by atoms with Gasteiger partial charge in [0.25, 0.3) is 0 Å². The fourth-order valence-electron chi connectivity index (χ4n) is 2.06. The molecule has 2 N–H and O–H groups in total. The number of halogens is 2.